The van der Waals surface area contributed by atoms with E-state index in [1.165, 1.54) is 14.2 Å². The topological polar surface area (TPSA) is 73.6 Å². The van der Waals surface area contributed by atoms with Gasteiger partial charge in [-0.3, -0.25) is 10.2 Å². The number of rotatable bonds is 3. The Hall–Kier alpha value is -2.27. The van der Waals surface area contributed by atoms with Gasteiger partial charge in [-0.25, -0.2) is 5.84 Å². The average molecular weight is 246 g/mol. The summed E-state index contributed by atoms with van der Waals surface area (Å²) in [6.07, 6.45) is 0. The monoisotopic (exact) mass is 246 g/mol. The molecule has 0 spiro atoms. The van der Waals surface area contributed by atoms with Crippen LogP contribution in [0.5, 0.6) is 11.5 Å². The molecular weight excluding hydrogens is 232 g/mol. The number of nitrogen functional groups attached to an aromatic ring is 1. The fraction of sp³-hybridized carbons (Fsp3) is 0.154. The Morgan fingerprint density at radius 2 is 1.94 bits per heavy atom. The van der Waals surface area contributed by atoms with Crippen molar-refractivity contribution >= 4 is 16.7 Å². The molecule has 5 nitrogen and oxygen atoms in total. The summed E-state index contributed by atoms with van der Waals surface area (Å²) in [7, 11) is 3.01. The first-order chi connectivity index (χ1) is 8.72. The van der Waals surface area contributed by atoms with E-state index in [0.29, 0.717) is 17.1 Å². The summed E-state index contributed by atoms with van der Waals surface area (Å²) in [6.45, 7) is 0. The first kappa shape index (κ1) is 12.2. The van der Waals surface area contributed by atoms with Crippen molar-refractivity contribution in [2.24, 2.45) is 5.84 Å². The van der Waals surface area contributed by atoms with Crippen LogP contribution in [-0.2, 0) is 0 Å². The number of nitrogens with two attached hydrogens (primary N) is 1. The van der Waals surface area contributed by atoms with Crippen molar-refractivity contribution in [3.8, 4) is 11.5 Å². The van der Waals surface area contributed by atoms with Gasteiger partial charge in [-0.15, -0.1) is 0 Å². The standard InChI is InChI=1S/C13H14N2O3/c1-17-10-7-8-5-3-4-6-9(8)11(12(10)18-2)13(16)15-14/h3-7H,14H2,1-2H3,(H,15,16). The molecule has 0 radical (unpaired) electrons. The van der Waals surface area contributed by atoms with Crippen molar-refractivity contribution in [2.45, 2.75) is 0 Å². The van der Waals surface area contributed by atoms with Gasteiger partial charge in [0.25, 0.3) is 5.91 Å². The van der Waals surface area contributed by atoms with E-state index < -0.39 is 5.91 Å². The van der Waals surface area contributed by atoms with Gasteiger partial charge < -0.3 is 9.47 Å². The van der Waals surface area contributed by atoms with Gasteiger partial charge in [-0.1, -0.05) is 24.3 Å². The number of methoxy groups -OCH3 is 2. The molecule has 2 rings (SSSR count). The highest BCUT2D eigenvalue weighted by molar-refractivity contribution is 6.10. The number of benzene rings is 2. The molecular formula is C13H14N2O3. The molecule has 0 aliphatic carbocycles. The molecule has 94 valence electrons. The average Bonchev–Trinajstić information content (AvgIpc) is 2.44. The Morgan fingerprint density at radius 3 is 2.56 bits per heavy atom. The van der Waals surface area contributed by atoms with Gasteiger partial charge in [0.1, 0.15) is 0 Å². The maximum absolute atomic E-state index is 11.9. The zero-order chi connectivity index (χ0) is 13.1. The summed E-state index contributed by atoms with van der Waals surface area (Å²) in [6, 6.07) is 9.29. The maximum Gasteiger partial charge on any atom is 0.269 e. The molecule has 0 aliphatic heterocycles. The van der Waals surface area contributed by atoms with E-state index in [1.807, 2.05) is 30.3 Å². The van der Waals surface area contributed by atoms with E-state index in [2.05, 4.69) is 5.43 Å². The molecule has 1 amide bonds. The van der Waals surface area contributed by atoms with Crippen molar-refractivity contribution in [3.63, 3.8) is 0 Å². The predicted octanol–water partition coefficient (Wildman–Crippen LogP) is 1.46. The molecule has 0 aliphatic rings. The van der Waals surface area contributed by atoms with E-state index in [1.54, 1.807) is 0 Å². The molecule has 0 saturated carbocycles. The lowest BCUT2D eigenvalue weighted by Gasteiger charge is -2.14. The second kappa shape index (κ2) is 4.93. The van der Waals surface area contributed by atoms with Crippen molar-refractivity contribution < 1.29 is 14.3 Å². The molecule has 5 heteroatoms. The normalized spacial score (nSPS) is 10.2. The molecule has 0 atom stereocenters. The van der Waals surface area contributed by atoms with Crippen LogP contribution >= 0.6 is 0 Å². The Kier molecular flexibility index (Phi) is 3.34. The summed E-state index contributed by atoms with van der Waals surface area (Å²) >= 11 is 0. The van der Waals surface area contributed by atoms with E-state index in [0.717, 1.165) is 10.8 Å². The van der Waals surface area contributed by atoms with Crippen LogP contribution in [0, 0.1) is 0 Å². The van der Waals surface area contributed by atoms with E-state index in [-0.39, 0.29) is 0 Å². The van der Waals surface area contributed by atoms with Gasteiger partial charge in [0, 0.05) is 0 Å². The van der Waals surface area contributed by atoms with Crippen LogP contribution in [0.1, 0.15) is 10.4 Å². The fourth-order valence-electron chi connectivity index (χ4n) is 1.95. The van der Waals surface area contributed by atoms with Crippen LogP contribution in [0.25, 0.3) is 10.8 Å². The lowest BCUT2D eigenvalue weighted by Crippen LogP contribution is -2.30. The number of fused-ring (bicyclic) bond motifs is 1. The maximum atomic E-state index is 11.9. The van der Waals surface area contributed by atoms with Crippen molar-refractivity contribution in [1.82, 2.24) is 5.43 Å². The third-order valence-corrected chi connectivity index (χ3v) is 2.75. The summed E-state index contributed by atoms with van der Waals surface area (Å²) in [5.74, 6) is 5.67. The van der Waals surface area contributed by atoms with E-state index in [4.69, 9.17) is 15.3 Å². The summed E-state index contributed by atoms with van der Waals surface area (Å²) < 4.78 is 10.5. The largest absolute Gasteiger partial charge is 0.493 e. The quantitative estimate of drug-likeness (QED) is 0.488. The predicted molar refractivity (Wildman–Crippen MR) is 68.7 cm³/mol. The highest BCUT2D eigenvalue weighted by Crippen LogP contribution is 2.37. The molecule has 0 bridgehead atoms. The van der Waals surface area contributed by atoms with Gasteiger partial charge >= 0.3 is 0 Å². The number of hydrogen-bond acceptors (Lipinski definition) is 4. The summed E-state index contributed by atoms with van der Waals surface area (Å²) in [5.41, 5.74) is 2.50. The van der Waals surface area contributed by atoms with Crippen LogP contribution in [-0.4, -0.2) is 20.1 Å². The van der Waals surface area contributed by atoms with Gasteiger partial charge in [0.05, 0.1) is 19.8 Å². The van der Waals surface area contributed by atoms with Crippen molar-refractivity contribution in [3.05, 3.63) is 35.9 Å². The minimum atomic E-state index is -0.415. The minimum absolute atomic E-state index is 0.370. The van der Waals surface area contributed by atoms with Gasteiger partial charge in [-0.2, -0.15) is 0 Å². The molecule has 2 aromatic rings. The number of ether oxygens (including phenoxy) is 2. The first-order valence-electron chi connectivity index (χ1n) is 5.37. The number of carbonyl (C=O) groups excluding carboxylic acids is 1. The zero-order valence-corrected chi connectivity index (χ0v) is 10.2. The zero-order valence-electron chi connectivity index (χ0n) is 10.2. The molecule has 18 heavy (non-hydrogen) atoms. The second-order valence-electron chi connectivity index (χ2n) is 3.68. The highest BCUT2D eigenvalue weighted by Gasteiger charge is 2.20. The number of hydrazine groups is 1. The Morgan fingerprint density at radius 1 is 1.22 bits per heavy atom. The van der Waals surface area contributed by atoms with Crippen LogP contribution in [0.3, 0.4) is 0 Å². The van der Waals surface area contributed by atoms with Crippen molar-refractivity contribution in [2.75, 3.05) is 14.2 Å². The van der Waals surface area contributed by atoms with Crippen LogP contribution < -0.4 is 20.7 Å². The fourth-order valence-corrected chi connectivity index (χ4v) is 1.95. The summed E-state index contributed by atoms with van der Waals surface area (Å²) in [4.78, 5) is 11.9. The Labute approximate surface area is 104 Å². The van der Waals surface area contributed by atoms with E-state index >= 15 is 0 Å². The number of hydrogen-bond donors (Lipinski definition) is 2. The molecule has 0 unspecified atom stereocenters. The van der Waals surface area contributed by atoms with E-state index in [9.17, 15) is 4.79 Å². The van der Waals surface area contributed by atoms with Crippen LogP contribution in [0.2, 0.25) is 0 Å². The molecule has 0 aromatic heterocycles. The highest BCUT2D eigenvalue weighted by atomic mass is 16.5. The van der Waals surface area contributed by atoms with Gasteiger partial charge in [-0.05, 0) is 16.8 Å². The minimum Gasteiger partial charge on any atom is -0.493 e. The molecule has 0 saturated heterocycles. The Balaban J connectivity index is 2.86. The number of nitrogens with one attached hydrogen (secondary N) is 1. The van der Waals surface area contributed by atoms with Crippen LogP contribution in [0.4, 0.5) is 0 Å². The second-order valence-corrected chi connectivity index (χ2v) is 3.68. The first-order valence-corrected chi connectivity index (χ1v) is 5.37. The van der Waals surface area contributed by atoms with Crippen molar-refractivity contribution in [1.29, 1.82) is 0 Å². The third kappa shape index (κ3) is 1.84. The lowest BCUT2D eigenvalue weighted by molar-refractivity contribution is 0.0952. The smallest absolute Gasteiger partial charge is 0.269 e. The van der Waals surface area contributed by atoms with Gasteiger partial charge in [0.15, 0.2) is 11.5 Å². The SMILES string of the molecule is COc1cc2ccccc2c(C(=O)NN)c1OC. The lowest BCUT2D eigenvalue weighted by atomic mass is 10.0. The molecule has 0 heterocycles. The third-order valence-electron chi connectivity index (χ3n) is 2.75. The molecule has 2 aromatic carbocycles. The van der Waals surface area contributed by atoms with Crippen LogP contribution in [0.15, 0.2) is 30.3 Å². The number of amides is 1. The molecule has 0 fully saturated rings. The van der Waals surface area contributed by atoms with Gasteiger partial charge in [0.2, 0.25) is 0 Å². The Bertz CT molecular complexity index is 596. The number of carbonyl (C=O) groups is 1. The molecule has 3 N–H and O–H groups in total. The summed E-state index contributed by atoms with van der Waals surface area (Å²) in [5, 5.41) is 1.65.